The Morgan fingerprint density at radius 3 is 2.64 bits per heavy atom. The molecule has 0 saturated heterocycles. The molecule has 0 radical (unpaired) electrons. The highest BCUT2D eigenvalue weighted by molar-refractivity contribution is 6.03. The SMILES string of the molecule is Cc1ccc2c(c1)CCC(C)C2C(=O)c1ccc(O)cc1O. The van der Waals surface area contributed by atoms with Crippen LogP contribution >= 0.6 is 0 Å². The van der Waals surface area contributed by atoms with Crippen LogP contribution in [0.2, 0.25) is 0 Å². The van der Waals surface area contributed by atoms with E-state index in [1.807, 2.05) is 12.1 Å². The molecule has 1 aliphatic carbocycles. The Hall–Kier alpha value is -2.29. The van der Waals surface area contributed by atoms with Crippen LogP contribution in [0.15, 0.2) is 36.4 Å². The summed E-state index contributed by atoms with van der Waals surface area (Å²) in [6.07, 6.45) is 1.95. The third kappa shape index (κ3) is 2.47. The zero-order valence-corrected chi connectivity index (χ0v) is 12.8. The summed E-state index contributed by atoms with van der Waals surface area (Å²) >= 11 is 0. The first-order chi connectivity index (χ1) is 10.5. The van der Waals surface area contributed by atoms with E-state index < -0.39 is 0 Å². The van der Waals surface area contributed by atoms with Gasteiger partial charge in [0, 0.05) is 6.07 Å². The Kier molecular flexibility index (Phi) is 3.65. The molecule has 0 spiro atoms. The molecule has 2 atom stereocenters. The van der Waals surface area contributed by atoms with Crippen LogP contribution in [0, 0.1) is 12.8 Å². The first-order valence-electron chi connectivity index (χ1n) is 7.63. The zero-order valence-electron chi connectivity index (χ0n) is 12.8. The van der Waals surface area contributed by atoms with Gasteiger partial charge in [-0.25, -0.2) is 0 Å². The molecule has 3 rings (SSSR count). The number of phenolic OH excluding ortho intramolecular Hbond substituents is 2. The number of benzene rings is 2. The fraction of sp³-hybridized carbons (Fsp3) is 0.316. The standard InChI is InChI=1S/C19H20O3/c1-11-3-7-15-13(9-11)5-4-12(2)18(15)19(22)16-8-6-14(20)10-17(16)21/h3,6-10,12,18,20-21H,4-5H2,1-2H3. The molecule has 114 valence electrons. The predicted molar refractivity (Wildman–Crippen MR) is 85.5 cm³/mol. The maximum atomic E-state index is 12.9. The lowest BCUT2D eigenvalue weighted by Gasteiger charge is -2.31. The van der Waals surface area contributed by atoms with Gasteiger partial charge in [0.1, 0.15) is 11.5 Å². The average Bonchev–Trinajstić information content (AvgIpc) is 2.47. The van der Waals surface area contributed by atoms with Gasteiger partial charge in [-0.05, 0) is 48.9 Å². The molecule has 0 saturated carbocycles. The summed E-state index contributed by atoms with van der Waals surface area (Å²) in [7, 11) is 0. The fourth-order valence-electron chi connectivity index (χ4n) is 3.41. The van der Waals surface area contributed by atoms with Crippen molar-refractivity contribution in [1.29, 1.82) is 0 Å². The smallest absolute Gasteiger partial charge is 0.174 e. The number of ketones is 1. The molecule has 0 aliphatic heterocycles. The molecular weight excluding hydrogens is 276 g/mol. The Morgan fingerprint density at radius 2 is 1.91 bits per heavy atom. The number of hydrogen-bond donors (Lipinski definition) is 2. The molecule has 0 bridgehead atoms. The summed E-state index contributed by atoms with van der Waals surface area (Å²) in [6.45, 7) is 4.14. The zero-order chi connectivity index (χ0) is 15.9. The van der Waals surface area contributed by atoms with E-state index >= 15 is 0 Å². The van der Waals surface area contributed by atoms with Gasteiger partial charge in [0.05, 0.1) is 11.5 Å². The van der Waals surface area contributed by atoms with Gasteiger partial charge in [0.15, 0.2) is 5.78 Å². The molecule has 2 aromatic carbocycles. The molecule has 1 aliphatic rings. The van der Waals surface area contributed by atoms with E-state index in [1.54, 1.807) is 0 Å². The van der Waals surface area contributed by atoms with Crippen LogP contribution < -0.4 is 0 Å². The lowest BCUT2D eigenvalue weighted by atomic mass is 9.72. The van der Waals surface area contributed by atoms with E-state index in [2.05, 4.69) is 19.9 Å². The number of carbonyl (C=O) groups is 1. The second-order valence-electron chi connectivity index (χ2n) is 6.26. The van der Waals surface area contributed by atoms with E-state index in [4.69, 9.17) is 0 Å². The minimum atomic E-state index is -0.236. The number of fused-ring (bicyclic) bond motifs is 1. The van der Waals surface area contributed by atoms with Crippen LogP contribution in [-0.4, -0.2) is 16.0 Å². The van der Waals surface area contributed by atoms with Gasteiger partial charge in [-0.1, -0.05) is 30.7 Å². The predicted octanol–water partition coefficient (Wildman–Crippen LogP) is 3.96. The summed E-state index contributed by atoms with van der Waals surface area (Å²) in [5, 5.41) is 19.4. The van der Waals surface area contributed by atoms with Gasteiger partial charge in [-0.15, -0.1) is 0 Å². The summed E-state index contributed by atoms with van der Waals surface area (Å²) in [5.41, 5.74) is 3.78. The number of carbonyl (C=O) groups excluding carboxylic acids is 1. The Morgan fingerprint density at radius 1 is 1.14 bits per heavy atom. The number of aryl methyl sites for hydroxylation is 2. The van der Waals surface area contributed by atoms with E-state index in [1.165, 1.54) is 29.3 Å². The first kappa shape index (κ1) is 14.6. The number of rotatable bonds is 2. The molecule has 2 N–H and O–H groups in total. The quantitative estimate of drug-likeness (QED) is 0.825. The lowest BCUT2D eigenvalue weighted by Crippen LogP contribution is -2.26. The van der Waals surface area contributed by atoms with Crippen molar-refractivity contribution in [2.45, 2.75) is 32.6 Å². The van der Waals surface area contributed by atoms with E-state index in [-0.39, 0.29) is 34.7 Å². The number of phenols is 2. The van der Waals surface area contributed by atoms with Crippen molar-refractivity contribution in [1.82, 2.24) is 0 Å². The number of aromatic hydroxyl groups is 2. The third-order valence-electron chi connectivity index (χ3n) is 4.60. The number of hydrogen-bond acceptors (Lipinski definition) is 3. The lowest BCUT2D eigenvalue weighted by molar-refractivity contribution is 0.0923. The molecule has 22 heavy (non-hydrogen) atoms. The van der Waals surface area contributed by atoms with E-state index in [0.29, 0.717) is 0 Å². The van der Waals surface area contributed by atoms with E-state index in [0.717, 1.165) is 18.4 Å². The Bertz CT molecular complexity index is 733. The molecule has 0 heterocycles. The first-order valence-corrected chi connectivity index (χ1v) is 7.63. The summed E-state index contributed by atoms with van der Waals surface area (Å²) in [5.74, 6) is -0.274. The van der Waals surface area contributed by atoms with Crippen molar-refractivity contribution in [3.05, 3.63) is 58.7 Å². The van der Waals surface area contributed by atoms with Gasteiger partial charge >= 0.3 is 0 Å². The molecule has 3 nitrogen and oxygen atoms in total. The molecular formula is C19H20O3. The normalized spacial score (nSPS) is 20.5. The highest BCUT2D eigenvalue weighted by Crippen LogP contribution is 2.40. The van der Waals surface area contributed by atoms with Crippen molar-refractivity contribution in [2.75, 3.05) is 0 Å². The largest absolute Gasteiger partial charge is 0.508 e. The van der Waals surface area contributed by atoms with Crippen molar-refractivity contribution >= 4 is 5.78 Å². The van der Waals surface area contributed by atoms with Crippen LogP contribution in [0.1, 0.15) is 46.3 Å². The van der Waals surface area contributed by atoms with Crippen molar-refractivity contribution in [3.8, 4) is 11.5 Å². The van der Waals surface area contributed by atoms with E-state index in [9.17, 15) is 15.0 Å². The molecule has 2 unspecified atom stereocenters. The van der Waals surface area contributed by atoms with Gasteiger partial charge in [-0.3, -0.25) is 4.79 Å². The second-order valence-corrected chi connectivity index (χ2v) is 6.26. The van der Waals surface area contributed by atoms with Gasteiger partial charge in [0.25, 0.3) is 0 Å². The van der Waals surface area contributed by atoms with Gasteiger partial charge in [-0.2, -0.15) is 0 Å². The topological polar surface area (TPSA) is 57.5 Å². The van der Waals surface area contributed by atoms with Crippen LogP contribution in [-0.2, 0) is 6.42 Å². The van der Waals surface area contributed by atoms with Crippen molar-refractivity contribution in [3.63, 3.8) is 0 Å². The third-order valence-corrected chi connectivity index (χ3v) is 4.60. The maximum absolute atomic E-state index is 12.9. The number of Topliss-reactive ketones (excluding diaryl/α,β-unsaturated/α-hetero) is 1. The van der Waals surface area contributed by atoms with Gasteiger partial charge < -0.3 is 10.2 Å². The Labute approximate surface area is 130 Å². The maximum Gasteiger partial charge on any atom is 0.174 e. The van der Waals surface area contributed by atoms with Crippen LogP contribution in [0.5, 0.6) is 11.5 Å². The Balaban J connectivity index is 2.05. The van der Waals surface area contributed by atoms with Crippen LogP contribution in [0.25, 0.3) is 0 Å². The average molecular weight is 296 g/mol. The monoisotopic (exact) mass is 296 g/mol. The molecule has 3 heteroatoms. The highest BCUT2D eigenvalue weighted by Gasteiger charge is 2.33. The van der Waals surface area contributed by atoms with Gasteiger partial charge in [0.2, 0.25) is 0 Å². The highest BCUT2D eigenvalue weighted by atomic mass is 16.3. The van der Waals surface area contributed by atoms with Crippen molar-refractivity contribution < 1.29 is 15.0 Å². The molecule has 0 amide bonds. The summed E-state index contributed by atoms with van der Waals surface area (Å²) < 4.78 is 0. The minimum absolute atomic E-state index is 0.0400. The summed E-state index contributed by atoms with van der Waals surface area (Å²) in [6, 6.07) is 10.4. The fourth-order valence-corrected chi connectivity index (χ4v) is 3.41. The molecule has 0 fully saturated rings. The van der Waals surface area contributed by atoms with Crippen LogP contribution in [0.3, 0.4) is 0 Å². The summed E-state index contributed by atoms with van der Waals surface area (Å²) in [4.78, 5) is 12.9. The molecule has 0 aromatic heterocycles. The minimum Gasteiger partial charge on any atom is -0.508 e. The second kappa shape index (κ2) is 5.48. The van der Waals surface area contributed by atoms with Crippen LogP contribution in [0.4, 0.5) is 0 Å². The van der Waals surface area contributed by atoms with Crippen molar-refractivity contribution in [2.24, 2.45) is 5.92 Å². The molecule has 2 aromatic rings.